The normalized spacial score (nSPS) is 11.6. The van der Waals surface area contributed by atoms with E-state index in [1.54, 1.807) is 24.3 Å². The van der Waals surface area contributed by atoms with Gasteiger partial charge in [-0.15, -0.1) is 10.2 Å². The fraction of sp³-hybridized carbons (Fsp3) is 0.267. The van der Waals surface area contributed by atoms with Gasteiger partial charge in [0, 0.05) is 0 Å². The van der Waals surface area contributed by atoms with E-state index in [0.717, 1.165) is 11.8 Å². The second-order valence-corrected chi connectivity index (χ2v) is 5.73. The van der Waals surface area contributed by atoms with E-state index in [1.165, 1.54) is 14.0 Å². The number of esters is 1. The van der Waals surface area contributed by atoms with Crippen LogP contribution in [0.5, 0.6) is 0 Å². The van der Waals surface area contributed by atoms with Crippen molar-refractivity contribution in [1.82, 2.24) is 20.5 Å². The van der Waals surface area contributed by atoms with Crippen molar-refractivity contribution in [3.8, 4) is 0 Å². The van der Waals surface area contributed by atoms with Crippen LogP contribution in [0.2, 0.25) is 0 Å². The Morgan fingerprint density at radius 3 is 2.62 bits per heavy atom. The van der Waals surface area contributed by atoms with Crippen LogP contribution in [-0.4, -0.2) is 39.9 Å². The van der Waals surface area contributed by atoms with Gasteiger partial charge in [0.1, 0.15) is 5.69 Å². The molecule has 0 aliphatic heterocycles. The average Bonchev–Trinajstić information content (AvgIpc) is 2.60. The lowest BCUT2D eigenvalue weighted by Crippen LogP contribution is -2.35. The van der Waals surface area contributed by atoms with Crippen LogP contribution in [-0.2, 0) is 14.3 Å². The predicted octanol–water partition coefficient (Wildman–Crippen LogP) is 0.596. The van der Waals surface area contributed by atoms with Gasteiger partial charge >= 0.3 is 5.97 Å². The molecule has 9 heteroatoms. The lowest BCUT2D eigenvalue weighted by molar-refractivity contribution is -0.145. The number of nitrogens with one attached hydrogen (secondary N) is 2. The Hall–Kier alpha value is -2.68. The Balaban J connectivity index is 2.01. The van der Waals surface area contributed by atoms with E-state index in [9.17, 15) is 14.4 Å². The second-order valence-electron chi connectivity index (χ2n) is 4.77. The fourth-order valence-corrected chi connectivity index (χ4v) is 2.44. The summed E-state index contributed by atoms with van der Waals surface area (Å²) in [7, 11) is 1.26. The van der Waals surface area contributed by atoms with Crippen molar-refractivity contribution in [2.24, 2.45) is 0 Å². The molecule has 0 saturated heterocycles. The van der Waals surface area contributed by atoms with Crippen LogP contribution in [0, 0.1) is 6.92 Å². The second kappa shape index (κ2) is 8.25. The summed E-state index contributed by atoms with van der Waals surface area (Å²) in [5.41, 5.74) is 0.509. The number of benzene rings is 1. The average molecular weight is 348 g/mol. The van der Waals surface area contributed by atoms with E-state index < -0.39 is 17.9 Å². The van der Waals surface area contributed by atoms with Crippen molar-refractivity contribution < 1.29 is 14.3 Å². The summed E-state index contributed by atoms with van der Waals surface area (Å²) in [6.45, 7) is 1.54. The smallest absolute Gasteiger partial charge is 0.333 e. The number of ether oxygens (including phenoxy) is 1. The number of thioether (sulfide) groups is 1. The Bertz CT molecular complexity index is 779. The molecule has 0 saturated carbocycles. The van der Waals surface area contributed by atoms with Gasteiger partial charge < -0.3 is 10.1 Å². The minimum absolute atomic E-state index is 0.0337. The number of carbonyl (C=O) groups is 2. The summed E-state index contributed by atoms with van der Waals surface area (Å²) in [5, 5.41) is 10.3. The van der Waals surface area contributed by atoms with Crippen LogP contribution in [0.15, 0.2) is 40.3 Å². The summed E-state index contributed by atoms with van der Waals surface area (Å²) >= 11 is 1.01. The first-order valence-corrected chi connectivity index (χ1v) is 7.98. The van der Waals surface area contributed by atoms with Crippen molar-refractivity contribution in [2.75, 3.05) is 12.9 Å². The number of aryl methyl sites for hydroxylation is 1. The summed E-state index contributed by atoms with van der Waals surface area (Å²) < 4.78 is 4.73. The number of carbonyl (C=O) groups excluding carboxylic acids is 2. The topological polar surface area (TPSA) is 114 Å². The number of aromatic amines is 1. The first-order valence-electron chi connectivity index (χ1n) is 7.00. The molecule has 0 aliphatic rings. The van der Waals surface area contributed by atoms with E-state index in [1.807, 2.05) is 6.07 Å². The van der Waals surface area contributed by atoms with E-state index in [-0.39, 0.29) is 22.2 Å². The number of methoxy groups -OCH3 is 1. The number of H-pyrrole nitrogens is 1. The molecular formula is C15H16N4O4S. The number of rotatable bonds is 6. The highest BCUT2D eigenvalue weighted by molar-refractivity contribution is 7.99. The third-order valence-electron chi connectivity index (χ3n) is 3.05. The molecule has 0 radical (unpaired) electrons. The van der Waals surface area contributed by atoms with E-state index in [2.05, 4.69) is 20.5 Å². The molecule has 0 fully saturated rings. The van der Waals surface area contributed by atoms with Crippen molar-refractivity contribution in [1.29, 1.82) is 0 Å². The highest BCUT2D eigenvalue weighted by atomic mass is 32.2. The molecule has 1 amide bonds. The molecule has 0 aliphatic carbocycles. The number of hydrogen-bond donors (Lipinski definition) is 2. The molecule has 8 nitrogen and oxygen atoms in total. The van der Waals surface area contributed by atoms with Crippen LogP contribution in [0.25, 0.3) is 0 Å². The van der Waals surface area contributed by atoms with Crippen LogP contribution in [0.1, 0.15) is 17.3 Å². The van der Waals surface area contributed by atoms with Crippen LogP contribution < -0.4 is 10.9 Å². The van der Waals surface area contributed by atoms with Gasteiger partial charge in [-0.3, -0.25) is 14.6 Å². The first-order chi connectivity index (χ1) is 11.5. The largest absolute Gasteiger partial charge is 0.467 e. The molecule has 24 heavy (non-hydrogen) atoms. The van der Waals surface area contributed by atoms with Gasteiger partial charge in [0.15, 0.2) is 11.2 Å². The molecule has 1 aromatic heterocycles. The Morgan fingerprint density at radius 2 is 2.00 bits per heavy atom. The monoisotopic (exact) mass is 348 g/mol. The number of aromatic nitrogens is 3. The Labute approximate surface area is 142 Å². The lowest BCUT2D eigenvalue weighted by atomic mass is 10.1. The summed E-state index contributed by atoms with van der Waals surface area (Å²) in [6, 6.07) is 7.88. The van der Waals surface area contributed by atoms with E-state index >= 15 is 0 Å². The number of nitrogens with zero attached hydrogens (tertiary/aromatic N) is 2. The lowest BCUT2D eigenvalue weighted by Gasteiger charge is -2.16. The third kappa shape index (κ3) is 4.66. The highest BCUT2D eigenvalue weighted by Crippen LogP contribution is 2.15. The van der Waals surface area contributed by atoms with E-state index in [4.69, 9.17) is 4.74 Å². The molecule has 2 N–H and O–H groups in total. The molecule has 2 rings (SSSR count). The van der Waals surface area contributed by atoms with Crippen molar-refractivity contribution in [2.45, 2.75) is 18.1 Å². The van der Waals surface area contributed by atoms with Gasteiger partial charge in [-0.25, -0.2) is 4.79 Å². The molecule has 0 bridgehead atoms. The maximum absolute atomic E-state index is 12.1. The highest BCUT2D eigenvalue weighted by Gasteiger charge is 2.23. The minimum Gasteiger partial charge on any atom is -0.467 e. The van der Waals surface area contributed by atoms with Gasteiger partial charge in [-0.05, 0) is 12.5 Å². The maximum Gasteiger partial charge on any atom is 0.333 e. The van der Waals surface area contributed by atoms with Crippen molar-refractivity contribution >= 4 is 23.6 Å². The van der Waals surface area contributed by atoms with Gasteiger partial charge in [0.2, 0.25) is 5.91 Å². The Kier molecular flexibility index (Phi) is 6.07. The molecule has 1 atom stereocenters. The summed E-state index contributed by atoms with van der Waals surface area (Å²) in [5.74, 6) is -1.00. The number of hydrogen-bond acceptors (Lipinski definition) is 7. The molecular weight excluding hydrogens is 332 g/mol. The van der Waals surface area contributed by atoms with Crippen molar-refractivity contribution in [3.05, 3.63) is 51.9 Å². The zero-order valence-corrected chi connectivity index (χ0v) is 13.9. The van der Waals surface area contributed by atoms with Crippen LogP contribution in [0.3, 0.4) is 0 Å². The van der Waals surface area contributed by atoms with Crippen molar-refractivity contribution in [3.63, 3.8) is 0 Å². The maximum atomic E-state index is 12.1. The van der Waals surface area contributed by atoms with Gasteiger partial charge in [-0.2, -0.15) is 0 Å². The van der Waals surface area contributed by atoms with Gasteiger partial charge in [0.05, 0.1) is 12.9 Å². The predicted molar refractivity (Wildman–Crippen MR) is 87.5 cm³/mol. The van der Waals surface area contributed by atoms with Crippen LogP contribution >= 0.6 is 11.8 Å². The minimum atomic E-state index is -0.896. The van der Waals surface area contributed by atoms with Crippen LogP contribution in [0.4, 0.5) is 0 Å². The zero-order valence-electron chi connectivity index (χ0n) is 13.1. The zero-order chi connectivity index (χ0) is 17.5. The molecule has 0 spiro atoms. The molecule has 0 unspecified atom stereocenters. The molecule has 126 valence electrons. The Morgan fingerprint density at radius 1 is 1.29 bits per heavy atom. The first kappa shape index (κ1) is 17.7. The third-order valence-corrected chi connectivity index (χ3v) is 3.92. The van der Waals surface area contributed by atoms with E-state index in [0.29, 0.717) is 5.56 Å². The molecule has 2 aromatic rings. The SMILES string of the molecule is COC(=O)[C@@H](NC(=O)CSc1nnc(C)c(=O)[nH]1)c1ccccc1. The molecule has 1 aromatic carbocycles. The summed E-state index contributed by atoms with van der Waals surface area (Å²) in [6.07, 6.45) is 0. The quantitative estimate of drug-likeness (QED) is 0.580. The standard InChI is InChI=1S/C15H16N4O4S/c1-9-13(21)17-15(19-18-9)24-8-11(20)16-12(14(22)23-2)10-6-4-3-5-7-10/h3-7,12H,8H2,1-2H3,(H,16,20)(H,17,19,21)/t12-/m0/s1. The van der Waals surface area contributed by atoms with Gasteiger partial charge in [-0.1, -0.05) is 42.1 Å². The van der Waals surface area contributed by atoms with Gasteiger partial charge in [0.25, 0.3) is 5.56 Å². The number of amides is 1. The molecule has 1 heterocycles. The fourth-order valence-electron chi connectivity index (χ4n) is 1.82. The summed E-state index contributed by atoms with van der Waals surface area (Å²) in [4.78, 5) is 37.9.